The molecule has 0 saturated carbocycles. The van der Waals surface area contributed by atoms with Crippen LogP contribution in [0.1, 0.15) is 29.6 Å². The van der Waals surface area contributed by atoms with Gasteiger partial charge in [-0.15, -0.1) is 0 Å². The molecule has 5 nitrogen and oxygen atoms in total. The number of ether oxygens (including phenoxy) is 1. The minimum atomic E-state index is -0.508. The second kappa shape index (κ2) is 7.45. The van der Waals surface area contributed by atoms with Gasteiger partial charge in [0.15, 0.2) is 0 Å². The Morgan fingerprint density at radius 2 is 2.11 bits per heavy atom. The number of nitrogens with one attached hydrogen (secondary N) is 1. The lowest BCUT2D eigenvalue weighted by Crippen LogP contribution is -2.14. The standard InChI is InChI=1S/C13H18N2O3/c1-18-8-3-2-7-12(16)15-11-6-4-5-10(9-11)13(14)17/h4-6,9H,2-3,7-8H2,1H3,(H2,14,17)(H,15,16). The molecule has 0 radical (unpaired) electrons. The number of nitrogens with two attached hydrogens (primary N) is 1. The smallest absolute Gasteiger partial charge is 0.248 e. The van der Waals surface area contributed by atoms with Gasteiger partial charge in [0.05, 0.1) is 0 Å². The number of carbonyl (C=O) groups excluding carboxylic acids is 2. The van der Waals surface area contributed by atoms with E-state index in [2.05, 4.69) is 5.32 Å². The van der Waals surface area contributed by atoms with Crippen molar-refractivity contribution in [2.75, 3.05) is 19.0 Å². The SMILES string of the molecule is COCCCCC(=O)Nc1cccc(C(N)=O)c1. The van der Waals surface area contributed by atoms with Crippen LogP contribution in [0, 0.1) is 0 Å². The predicted molar refractivity (Wildman–Crippen MR) is 69.3 cm³/mol. The van der Waals surface area contributed by atoms with Gasteiger partial charge in [0.1, 0.15) is 0 Å². The molecule has 18 heavy (non-hydrogen) atoms. The number of carbonyl (C=O) groups is 2. The summed E-state index contributed by atoms with van der Waals surface area (Å²) in [4.78, 5) is 22.6. The number of amides is 2. The van der Waals surface area contributed by atoms with Crippen molar-refractivity contribution in [2.24, 2.45) is 5.73 Å². The van der Waals surface area contributed by atoms with Crippen molar-refractivity contribution in [1.82, 2.24) is 0 Å². The van der Waals surface area contributed by atoms with Gasteiger partial charge in [-0.05, 0) is 31.0 Å². The second-order valence-electron chi connectivity index (χ2n) is 3.94. The zero-order valence-electron chi connectivity index (χ0n) is 10.4. The third-order valence-electron chi connectivity index (χ3n) is 2.43. The fourth-order valence-electron chi connectivity index (χ4n) is 1.51. The lowest BCUT2D eigenvalue weighted by atomic mass is 10.2. The van der Waals surface area contributed by atoms with Gasteiger partial charge in [-0.1, -0.05) is 6.07 Å². The van der Waals surface area contributed by atoms with E-state index in [1.807, 2.05) is 0 Å². The van der Waals surface area contributed by atoms with Crippen LogP contribution in [-0.2, 0) is 9.53 Å². The summed E-state index contributed by atoms with van der Waals surface area (Å²) in [6.07, 6.45) is 2.06. The van der Waals surface area contributed by atoms with Gasteiger partial charge in [0, 0.05) is 31.4 Å². The Morgan fingerprint density at radius 1 is 1.33 bits per heavy atom. The highest BCUT2D eigenvalue weighted by atomic mass is 16.5. The second-order valence-corrected chi connectivity index (χ2v) is 3.94. The molecule has 2 amide bonds. The first kappa shape index (κ1) is 14.2. The first-order chi connectivity index (χ1) is 8.63. The van der Waals surface area contributed by atoms with Crippen LogP contribution >= 0.6 is 0 Å². The largest absolute Gasteiger partial charge is 0.385 e. The molecule has 1 aromatic carbocycles. The van der Waals surface area contributed by atoms with E-state index >= 15 is 0 Å². The van der Waals surface area contributed by atoms with Gasteiger partial charge < -0.3 is 15.8 Å². The molecule has 0 bridgehead atoms. The molecular weight excluding hydrogens is 232 g/mol. The van der Waals surface area contributed by atoms with Crippen LogP contribution in [0.2, 0.25) is 0 Å². The van der Waals surface area contributed by atoms with Crippen molar-refractivity contribution in [1.29, 1.82) is 0 Å². The van der Waals surface area contributed by atoms with Gasteiger partial charge in [0.2, 0.25) is 11.8 Å². The average Bonchev–Trinajstić information content (AvgIpc) is 2.35. The summed E-state index contributed by atoms with van der Waals surface area (Å²) in [6.45, 7) is 0.657. The Hall–Kier alpha value is -1.88. The maximum atomic E-state index is 11.6. The summed E-state index contributed by atoms with van der Waals surface area (Å²) in [6, 6.07) is 6.58. The van der Waals surface area contributed by atoms with E-state index < -0.39 is 5.91 Å². The maximum Gasteiger partial charge on any atom is 0.248 e. The number of unbranched alkanes of at least 4 members (excludes halogenated alkanes) is 1. The van der Waals surface area contributed by atoms with Gasteiger partial charge in [0.25, 0.3) is 0 Å². The van der Waals surface area contributed by atoms with Crippen LogP contribution in [0.4, 0.5) is 5.69 Å². The van der Waals surface area contributed by atoms with Crippen molar-refractivity contribution < 1.29 is 14.3 Å². The number of hydrogen-bond donors (Lipinski definition) is 2. The molecule has 1 aromatic rings. The number of primary amides is 1. The van der Waals surface area contributed by atoms with E-state index in [9.17, 15) is 9.59 Å². The van der Waals surface area contributed by atoms with Crippen LogP contribution in [0.5, 0.6) is 0 Å². The monoisotopic (exact) mass is 250 g/mol. The minimum absolute atomic E-state index is 0.0762. The van der Waals surface area contributed by atoms with Gasteiger partial charge >= 0.3 is 0 Å². The van der Waals surface area contributed by atoms with Crippen LogP contribution < -0.4 is 11.1 Å². The molecule has 0 fully saturated rings. The molecular formula is C13H18N2O3. The van der Waals surface area contributed by atoms with Crippen LogP contribution in [0.25, 0.3) is 0 Å². The fourth-order valence-corrected chi connectivity index (χ4v) is 1.51. The van der Waals surface area contributed by atoms with Crippen LogP contribution in [-0.4, -0.2) is 25.5 Å². The highest BCUT2D eigenvalue weighted by Gasteiger charge is 2.04. The van der Waals surface area contributed by atoms with E-state index in [1.165, 1.54) is 0 Å². The highest BCUT2D eigenvalue weighted by molar-refractivity contribution is 5.96. The molecule has 0 aliphatic rings. The van der Waals surface area contributed by atoms with E-state index in [0.29, 0.717) is 24.3 Å². The molecule has 0 heterocycles. The van der Waals surface area contributed by atoms with Gasteiger partial charge in [-0.2, -0.15) is 0 Å². The molecule has 98 valence electrons. The highest BCUT2D eigenvalue weighted by Crippen LogP contribution is 2.11. The van der Waals surface area contributed by atoms with E-state index in [1.54, 1.807) is 31.4 Å². The van der Waals surface area contributed by atoms with Crippen molar-refractivity contribution >= 4 is 17.5 Å². The van der Waals surface area contributed by atoms with Crippen molar-refractivity contribution in [2.45, 2.75) is 19.3 Å². The number of benzene rings is 1. The molecule has 0 aromatic heterocycles. The summed E-state index contributed by atoms with van der Waals surface area (Å²) in [5.41, 5.74) is 6.13. The molecule has 0 atom stereocenters. The first-order valence-corrected chi connectivity index (χ1v) is 5.82. The Morgan fingerprint density at radius 3 is 2.78 bits per heavy atom. The number of hydrogen-bond acceptors (Lipinski definition) is 3. The first-order valence-electron chi connectivity index (χ1n) is 5.82. The van der Waals surface area contributed by atoms with Gasteiger partial charge in [-0.3, -0.25) is 9.59 Å². The lowest BCUT2D eigenvalue weighted by Gasteiger charge is -2.06. The molecule has 1 rings (SSSR count). The molecule has 3 N–H and O–H groups in total. The zero-order valence-corrected chi connectivity index (χ0v) is 10.4. The third kappa shape index (κ3) is 4.97. The Bertz CT molecular complexity index is 418. The Labute approximate surface area is 106 Å². The molecule has 0 aliphatic carbocycles. The molecule has 0 aliphatic heterocycles. The molecule has 0 unspecified atom stereocenters. The van der Waals surface area contributed by atoms with Crippen LogP contribution in [0.3, 0.4) is 0 Å². The van der Waals surface area contributed by atoms with Gasteiger partial charge in [-0.25, -0.2) is 0 Å². The maximum absolute atomic E-state index is 11.6. The molecule has 0 saturated heterocycles. The summed E-state index contributed by atoms with van der Waals surface area (Å²) < 4.78 is 4.90. The van der Waals surface area contributed by atoms with E-state index in [-0.39, 0.29) is 5.91 Å². The Balaban J connectivity index is 2.44. The van der Waals surface area contributed by atoms with E-state index in [4.69, 9.17) is 10.5 Å². The summed E-state index contributed by atoms with van der Waals surface area (Å²) in [7, 11) is 1.63. The lowest BCUT2D eigenvalue weighted by molar-refractivity contribution is -0.116. The number of rotatable bonds is 7. The summed E-state index contributed by atoms with van der Waals surface area (Å²) >= 11 is 0. The average molecular weight is 250 g/mol. The number of methoxy groups -OCH3 is 1. The zero-order chi connectivity index (χ0) is 13.4. The topological polar surface area (TPSA) is 81.4 Å². The third-order valence-corrected chi connectivity index (χ3v) is 2.43. The summed E-state index contributed by atoms with van der Waals surface area (Å²) in [5.74, 6) is -0.584. The van der Waals surface area contributed by atoms with Crippen LogP contribution in [0.15, 0.2) is 24.3 Å². The fraction of sp³-hybridized carbons (Fsp3) is 0.385. The normalized spacial score (nSPS) is 10.1. The Kier molecular flexibility index (Phi) is 5.87. The van der Waals surface area contributed by atoms with Crippen molar-refractivity contribution in [3.63, 3.8) is 0 Å². The summed E-state index contributed by atoms with van der Waals surface area (Å²) in [5, 5.41) is 2.73. The predicted octanol–water partition coefficient (Wildman–Crippen LogP) is 1.54. The number of anilines is 1. The minimum Gasteiger partial charge on any atom is -0.385 e. The van der Waals surface area contributed by atoms with E-state index in [0.717, 1.165) is 12.8 Å². The molecule has 5 heteroatoms. The van der Waals surface area contributed by atoms with Crippen molar-refractivity contribution in [3.8, 4) is 0 Å². The molecule has 0 spiro atoms. The van der Waals surface area contributed by atoms with Crippen molar-refractivity contribution in [3.05, 3.63) is 29.8 Å². The quantitative estimate of drug-likeness (QED) is 0.720.